The number of nitrogens with one attached hydrogen (secondary N) is 2. The summed E-state index contributed by atoms with van der Waals surface area (Å²) in [4.78, 5) is 9.08. The van der Waals surface area contributed by atoms with Crippen molar-refractivity contribution in [1.29, 1.82) is 0 Å². The molecule has 1 unspecified atom stereocenters. The minimum absolute atomic E-state index is 0.277. The molecule has 0 aliphatic carbocycles. The maximum absolute atomic E-state index is 5.54. The van der Waals surface area contributed by atoms with Crippen molar-refractivity contribution in [2.75, 3.05) is 10.7 Å². The first-order valence-corrected chi connectivity index (χ1v) is 7.15. The van der Waals surface area contributed by atoms with Crippen molar-refractivity contribution >= 4 is 11.6 Å². The molecule has 4 N–H and O–H groups in total. The molecule has 0 radical (unpaired) electrons. The van der Waals surface area contributed by atoms with Crippen LogP contribution in [-0.2, 0) is 0 Å². The van der Waals surface area contributed by atoms with Gasteiger partial charge in [-0.05, 0) is 19.8 Å². The zero-order chi connectivity index (χ0) is 14.4. The van der Waals surface area contributed by atoms with Crippen molar-refractivity contribution in [3.8, 4) is 0 Å². The van der Waals surface area contributed by atoms with Gasteiger partial charge >= 0.3 is 0 Å². The lowest BCUT2D eigenvalue weighted by atomic mass is 10.1. The third-order valence-electron chi connectivity index (χ3n) is 3.29. The van der Waals surface area contributed by atoms with Gasteiger partial charge in [0.2, 0.25) is 0 Å². The summed E-state index contributed by atoms with van der Waals surface area (Å²) in [5.74, 6) is 8.23. The highest BCUT2D eigenvalue weighted by molar-refractivity contribution is 5.57. The van der Waals surface area contributed by atoms with E-state index in [2.05, 4.69) is 48.4 Å². The smallest absolute Gasteiger partial charge is 0.148 e. The van der Waals surface area contributed by atoms with Gasteiger partial charge in [0.05, 0.1) is 0 Å². The Kier molecular flexibility index (Phi) is 6.02. The van der Waals surface area contributed by atoms with Crippen LogP contribution in [-0.4, -0.2) is 16.0 Å². The van der Waals surface area contributed by atoms with Crippen LogP contribution in [0.5, 0.6) is 0 Å². The molecule has 0 aromatic carbocycles. The van der Waals surface area contributed by atoms with Gasteiger partial charge < -0.3 is 10.7 Å². The van der Waals surface area contributed by atoms with Gasteiger partial charge in [-0.15, -0.1) is 0 Å². The summed E-state index contributed by atoms with van der Waals surface area (Å²) in [6, 6.07) is 0.448. The quantitative estimate of drug-likeness (QED) is 0.521. The Bertz CT molecular complexity index is 403. The fourth-order valence-corrected chi connectivity index (χ4v) is 1.99. The van der Waals surface area contributed by atoms with Crippen molar-refractivity contribution in [2.45, 2.75) is 65.8 Å². The lowest BCUT2D eigenvalue weighted by Gasteiger charge is -2.20. The van der Waals surface area contributed by atoms with Crippen LogP contribution in [0.4, 0.5) is 11.6 Å². The Balaban J connectivity index is 3.07. The Morgan fingerprint density at radius 2 is 1.79 bits per heavy atom. The molecule has 19 heavy (non-hydrogen) atoms. The molecule has 0 aliphatic rings. The van der Waals surface area contributed by atoms with E-state index < -0.39 is 0 Å². The predicted molar refractivity (Wildman–Crippen MR) is 81.3 cm³/mol. The molecule has 0 saturated carbocycles. The van der Waals surface area contributed by atoms with Gasteiger partial charge in [-0.3, -0.25) is 0 Å². The zero-order valence-electron chi connectivity index (χ0n) is 12.7. The first kappa shape index (κ1) is 15.7. The standard InChI is InChI=1S/C14H27N5/c1-6-8-11(7-2)16-13-10(5)14(19-15)18-12(17-13)9(3)4/h9,11H,6-8,15H2,1-5H3,(H2,16,17,18,19). The second-order valence-corrected chi connectivity index (χ2v) is 5.24. The topological polar surface area (TPSA) is 75.9 Å². The number of hydrazine groups is 1. The van der Waals surface area contributed by atoms with Gasteiger partial charge in [-0.1, -0.05) is 34.1 Å². The predicted octanol–water partition coefficient (Wildman–Crippen LogP) is 3.18. The van der Waals surface area contributed by atoms with Crippen molar-refractivity contribution in [3.05, 3.63) is 11.4 Å². The molecule has 0 spiro atoms. The number of nitrogen functional groups attached to an aromatic ring is 1. The minimum Gasteiger partial charge on any atom is -0.367 e. The van der Waals surface area contributed by atoms with Crippen LogP contribution in [0.15, 0.2) is 0 Å². The maximum Gasteiger partial charge on any atom is 0.148 e. The van der Waals surface area contributed by atoms with Crippen molar-refractivity contribution < 1.29 is 0 Å². The molecular formula is C14H27N5. The lowest BCUT2D eigenvalue weighted by molar-refractivity contribution is 0.618. The number of anilines is 2. The van der Waals surface area contributed by atoms with Gasteiger partial charge in [-0.25, -0.2) is 15.8 Å². The second kappa shape index (κ2) is 7.28. The highest BCUT2D eigenvalue weighted by Gasteiger charge is 2.14. The van der Waals surface area contributed by atoms with Crippen LogP contribution in [0.3, 0.4) is 0 Å². The SMILES string of the molecule is CCCC(CC)Nc1nc(C(C)C)nc(NN)c1C. The molecule has 1 aromatic rings. The number of rotatable bonds is 7. The van der Waals surface area contributed by atoms with Crippen LogP contribution < -0.4 is 16.6 Å². The Morgan fingerprint density at radius 1 is 1.16 bits per heavy atom. The van der Waals surface area contributed by atoms with E-state index in [0.29, 0.717) is 11.9 Å². The molecule has 0 fully saturated rings. The lowest BCUT2D eigenvalue weighted by Crippen LogP contribution is -2.22. The summed E-state index contributed by atoms with van der Waals surface area (Å²) in [6.07, 6.45) is 3.39. The van der Waals surface area contributed by atoms with Gasteiger partial charge in [0.1, 0.15) is 17.5 Å². The molecule has 108 valence electrons. The van der Waals surface area contributed by atoms with E-state index in [0.717, 1.165) is 36.5 Å². The van der Waals surface area contributed by atoms with E-state index in [-0.39, 0.29) is 5.92 Å². The third kappa shape index (κ3) is 4.06. The fraction of sp³-hybridized carbons (Fsp3) is 0.714. The van der Waals surface area contributed by atoms with E-state index in [4.69, 9.17) is 5.84 Å². The summed E-state index contributed by atoms with van der Waals surface area (Å²) in [5, 5.41) is 3.52. The van der Waals surface area contributed by atoms with E-state index in [9.17, 15) is 0 Å². The molecule has 5 heteroatoms. The summed E-state index contributed by atoms with van der Waals surface area (Å²) in [6.45, 7) is 10.5. The van der Waals surface area contributed by atoms with Crippen LogP contribution >= 0.6 is 0 Å². The monoisotopic (exact) mass is 265 g/mol. The molecule has 0 amide bonds. The first-order valence-electron chi connectivity index (χ1n) is 7.15. The Morgan fingerprint density at radius 3 is 2.26 bits per heavy atom. The van der Waals surface area contributed by atoms with Crippen molar-refractivity contribution in [2.24, 2.45) is 5.84 Å². The van der Waals surface area contributed by atoms with Gasteiger partial charge in [0.25, 0.3) is 0 Å². The summed E-state index contributed by atoms with van der Waals surface area (Å²) in [5.41, 5.74) is 3.64. The average molecular weight is 265 g/mol. The van der Waals surface area contributed by atoms with Crippen molar-refractivity contribution in [3.63, 3.8) is 0 Å². The number of nitrogens with zero attached hydrogens (tertiary/aromatic N) is 2. The normalized spacial score (nSPS) is 12.6. The average Bonchev–Trinajstić information content (AvgIpc) is 2.39. The maximum atomic E-state index is 5.54. The highest BCUT2D eigenvalue weighted by Crippen LogP contribution is 2.24. The van der Waals surface area contributed by atoms with Gasteiger partial charge in [-0.2, -0.15) is 0 Å². The largest absolute Gasteiger partial charge is 0.367 e. The van der Waals surface area contributed by atoms with Gasteiger partial charge in [0.15, 0.2) is 0 Å². The fourth-order valence-electron chi connectivity index (χ4n) is 1.99. The summed E-state index contributed by atoms with van der Waals surface area (Å²) >= 11 is 0. The molecule has 0 saturated heterocycles. The van der Waals surface area contributed by atoms with E-state index in [1.807, 2.05) is 6.92 Å². The molecule has 0 bridgehead atoms. The van der Waals surface area contributed by atoms with E-state index in [1.165, 1.54) is 0 Å². The van der Waals surface area contributed by atoms with E-state index in [1.54, 1.807) is 0 Å². The number of hydrogen-bond donors (Lipinski definition) is 3. The highest BCUT2D eigenvalue weighted by atomic mass is 15.3. The van der Waals surface area contributed by atoms with Crippen LogP contribution in [0.25, 0.3) is 0 Å². The molecule has 1 atom stereocenters. The third-order valence-corrected chi connectivity index (χ3v) is 3.29. The first-order chi connectivity index (χ1) is 9.03. The second-order valence-electron chi connectivity index (χ2n) is 5.24. The molecular weight excluding hydrogens is 238 g/mol. The molecule has 5 nitrogen and oxygen atoms in total. The summed E-state index contributed by atoms with van der Waals surface area (Å²) in [7, 11) is 0. The van der Waals surface area contributed by atoms with E-state index >= 15 is 0 Å². The number of hydrogen-bond acceptors (Lipinski definition) is 5. The number of aromatic nitrogens is 2. The zero-order valence-corrected chi connectivity index (χ0v) is 12.7. The van der Waals surface area contributed by atoms with Crippen LogP contribution in [0.2, 0.25) is 0 Å². The molecule has 1 rings (SSSR count). The van der Waals surface area contributed by atoms with Crippen LogP contribution in [0.1, 0.15) is 64.3 Å². The molecule has 0 aliphatic heterocycles. The van der Waals surface area contributed by atoms with Crippen LogP contribution in [0, 0.1) is 6.92 Å². The van der Waals surface area contributed by atoms with Gasteiger partial charge in [0, 0.05) is 17.5 Å². The Hall–Kier alpha value is -1.36. The number of nitrogens with two attached hydrogens (primary N) is 1. The Labute approximate surface area is 116 Å². The minimum atomic E-state index is 0.277. The summed E-state index contributed by atoms with van der Waals surface area (Å²) < 4.78 is 0. The molecule has 1 heterocycles. The van der Waals surface area contributed by atoms with Crippen molar-refractivity contribution in [1.82, 2.24) is 9.97 Å². The molecule has 1 aromatic heterocycles.